The molecule has 1 saturated heterocycles. The highest BCUT2D eigenvalue weighted by molar-refractivity contribution is 5.93. The van der Waals surface area contributed by atoms with Crippen LogP contribution < -0.4 is 0 Å². The number of rotatable bonds is 6. The molecular weight excluding hydrogens is 324 g/mol. The summed E-state index contributed by atoms with van der Waals surface area (Å²) in [7, 11) is 0. The number of esters is 1. The van der Waals surface area contributed by atoms with Crippen molar-refractivity contribution < 1.29 is 24.2 Å². The molecule has 138 valence electrons. The Labute approximate surface area is 147 Å². The van der Waals surface area contributed by atoms with E-state index in [1.165, 1.54) is 0 Å². The van der Waals surface area contributed by atoms with E-state index in [2.05, 4.69) is 0 Å². The summed E-state index contributed by atoms with van der Waals surface area (Å²) < 4.78 is 6.87. The molecule has 1 N–H and O–H groups in total. The molecule has 1 fully saturated rings. The largest absolute Gasteiger partial charge is 0.478 e. The Morgan fingerprint density at radius 3 is 2.64 bits per heavy atom. The predicted octanol–water partition coefficient (Wildman–Crippen LogP) is 1.86. The summed E-state index contributed by atoms with van der Waals surface area (Å²) in [6.07, 6.45) is 3.25. The first kappa shape index (κ1) is 19.0. The van der Waals surface area contributed by atoms with Gasteiger partial charge in [0.15, 0.2) is 0 Å². The van der Waals surface area contributed by atoms with Gasteiger partial charge in [-0.2, -0.15) is 0 Å². The van der Waals surface area contributed by atoms with Crippen molar-refractivity contribution in [1.82, 2.24) is 9.47 Å². The van der Waals surface area contributed by atoms with Gasteiger partial charge in [-0.1, -0.05) is 0 Å². The monoisotopic (exact) mass is 350 g/mol. The van der Waals surface area contributed by atoms with Gasteiger partial charge in [0.05, 0.1) is 24.5 Å². The van der Waals surface area contributed by atoms with Crippen LogP contribution in [0, 0.1) is 12.8 Å². The van der Waals surface area contributed by atoms with Crippen LogP contribution in [-0.2, 0) is 27.3 Å². The summed E-state index contributed by atoms with van der Waals surface area (Å²) >= 11 is 0. The Kier molecular flexibility index (Phi) is 6.22. The minimum atomic E-state index is -1.02. The number of carboxylic acids is 1. The number of hydrogen-bond donors (Lipinski definition) is 1. The third-order valence-corrected chi connectivity index (χ3v) is 4.65. The Bertz CT molecular complexity index is 665. The van der Waals surface area contributed by atoms with Crippen molar-refractivity contribution in [3.05, 3.63) is 23.0 Å². The summed E-state index contributed by atoms with van der Waals surface area (Å²) in [6.45, 7) is 7.27. The van der Waals surface area contributed by atoms with Gasteiger partial charge in [0.1, 0.15) is 0 Å². The zero-order valence-electron chi connectivity index (χ0n) is 15.1. The zero-order valence-corrected chi connectivity index (χ0v) is 15.1. The molecule has 0 radical (unpaired) electrons. The molecule has 0 aliphatic carbocycles. The minimum Gasteiger partial charge on any atom is -0.478 e. The third-order valence-electron chi connectivity index (χ3n) is 4.65. The van der Waals surface area contributed by atoms with Crippen LogP contribution in [0.2, 0.25) is 0 Å². The lowest BCUT2D eigenvalue weighted by molar-refractivity contribution is -0.151. The number of likely N-dealkylation sites (tertiary alicyclic amines) is 1. The number of ether oxygens (including phenoxy) is 1. The number of nitrogens with zero attached hydrogens (tertiary/aromatic N) is 2. The van der Waals surface area contributed by atoms with Crippen LogP contribution in [0.1, 0.15) is 48.3 Å². The molecule has 0 bridgehead atoms. The number of aromatic nitrogens is 1. The molecule has 1 atom stereocenters. The number of amides is 1. The van der Waals surface area contributed by atoms with E-state index in [1.54, 1.807) is 24.9 Å². The van der Waals surface area contributed by atoms with Crippen molar-refractivity contribution in [2.24, 2.45) is 5.92 Å². The van der Waals surface area contributed by atoms with Gasteiger partial charge in [-0.05, 0) is 39.2 Å². The van der Waals surface area contributed by atoms with Crippen molar-refractivity contribution in [1.29, 1.82) is 0 Å². The number of aryl methyl sites for hydroxylation is 2. The standard InChI is InChI=1S/C18H26N2O5/c1-4-19-10-12(3)16(17(22)23)14(19)9-15(21)20-8-6-7-13(11-20)18(24)25-5-2/h10,13H,4-9,11H2,1-3H3,(H,22,23)/t13-/m1/s1. The first-order valence-electron chi connectivity index (χ1n) is 8.75. The lowest BCUT2D eigenvalue weighted by Crippen LogP contribution is -2.43. The molecule has 7 heteroatoms. The first-order valence-corrected chi connectivity index (χ1v) is 8.75. The highest BCUT2D eigenvalue weighted by atomic mass is 16.5. The van der Waals surface area contributed by atoms with Gasteiger partial charge in [0.2, 0.25) is 5.91 Å². The van der Waals surface area contributed by atoms with Crippen LogP contribution in [0.5, 0.6) is 0 Å². The van der Waals surface area contributed by atoms with Gasteiger partial charge < -0.3 is 19.3 Å². The van der Waals surface area contributed by atoms with Crippen LogP contribution >= 0.6 is 0 Å². The lowest BCUT2D eigenvalue weighted by Gasteiger charge is -2.31. The van der Waals surface area contributed by atoms with Crippen molar-refractivity contribution in [3.63, 3.8) is 0 Å². The summed E-state index contributed by atoms with van der Waals surface area (Å²) in [5, 5.41) is 9.45. The van der Waals surface area contributed by atoms with E-state index in [4.69, 9.17) is 4.74 Å². The summed E-state index contributed by atoms with van der Waals surface area (Å²) in [5.41, 5.74) is 1.38. The number of hydrogen-bond acceptors (Lipinski definition) is 4. The Hall–Kier alpha value is -2.31. The molecule has 1 aromatic rings. The van der Waals surface area contributed by atoms with Gasteiger partial charge in [0, 0.05) is 31.5 Å². The predicted molar refractivity (Wildman–Crippen MR) is 91.4 cm³/mol. The van der Waals surface area contributed by atoms with E-state index in [0.717, 1.165) is 6.42 Å². The Morgan fingerprint density at radius 2 is 2.04 bits per heavy atom. The highest BCUT2D eigenvalue weighted by Gasteiger charge is 2.30. The van der Waals surface area contributed by atoms with E-state index in [1.807, 2.05) is 11.5 Å². The van der Waals surface area contributed by atoms with Crippen LogP contribution in [0.3, 0.4) is 0 Å². The SMILES string of the molecule is CCOC(=O)[C@@H]1CCCN(C(=O)Cc2c(C(=O)O)c(C)cn2CC)C1. The van der Waals surface area contributed by atoms with Crippen molar-refractivity contribution >= 4 is 17.8 Å². The van der Waals surface area contributed by atoms with E-state index in [0.29, 0.717) is 43.9 Å². The maximum absolute atomic E-state index is 12.7. The molecule has 2 rings (SSSR count). The van der Waals surface area contributed by atoms with Gasteiger partial charge in [0.25, 0.3) is 0 Å². The fraction of sp³-hybridized carbons (Fsp3) is 0.611. The van der Waals surface area contributed by atoms with Gasteiger partial charge >= 0.3 is 11.9 Å². The Morgan fingerprint density at radius 1 is 1.32 bits per heavy atom. The summed E-state index contributed by atoms with van der Waals surface area (Å²) in [5.74, 6) is -1.73. The molecule has 25 heavy (non-hydrogen) atoms. The van der Waals surface area contributed by atoms with Crippen molar-refractivity contribution in [2.75, 3.05) is 19.7 Å². The number of piperidine rings is 1. The maximum atomic E-state index is 12.7. The van der Waals surface area contributed by atoms with Gasteiger partial charge in [-0.15, -0.1) is 0 Å². The first-order chi connectivity index (χ1) is 11.9. The van der Waals surface area contributed by atoms with E-state index in [-0.39, 0.29) is 29.8 Å². The number of aromatic carboxylic acids is 1. The molecule has 0 saturated carbocycles. The summed E-state index contributed by atoms with van der Waals surface area (Å²) in [4.78, 5) is 37.8. The Balaban J connectivity index is 2.14. The van der Waals surface area contributed by atoms with E-state index in [9.17, 15) is 19.5 Å². The van der Waals surface area contributed by atoms with E-state index < -0.39 is 5.97 Å². The fourth-order valence-electron chi connectivity index (χ4n) is 3.42. The van der Waals surface area contributed by atoms with Crippen molar-refractivity contribution in [3.8, 4) is 0 Å². The minimum absolute atomic E-state index is 0.0266. The molecule has 0 unspecified atom stereocenters. The molecule has 0 aromatic carbocycles. The second-order valence-corrected chi connectivity index (χ2v) is 6.33. The quantitative estimate of drug-likeness (QED) is 0.791. The highest BCUT2D eigenvalue weighted by Crippen LogP contribution is 2.22. The maximum Gasteiger partial charge on any atom is 0.337 e. The second kappa shape index (κ2) is 8.18. The third kappa shape index (κ3) is 4.21. The smallest absolute Gasteiger partial charge is 0.337 e. The number of carbonyl (C=O) groups excluding carboxylic acids is 2. The van der Waals surface area contributed by atoms with Crippen LogP contribution in [0.25, 0.3) is 0 Å². The normalized spacial score (nSPS) is 17.4. The molecule has 1 aliphatic heterocycles. The molecule has 1 amide bonds. The van der Waals surface area contributed by atoms with Crippen LogP contribution in [-0.4, -0.2) is 52.1 Å². The fourth-order valence-corrected chi connectivity index (χ4v) is 3.42. The van der Waals surface area contributed by atoms with E-state index >= 15 is 0 Å². The average molecular weight is 350 g/mol. The molecule has 0 spiro atoms. The van der Waals surface area contributed by atoms with Crippen LogP contribution in [0.15, 0.2) is 6.20 Å². The van der Waals surface area contributed by atoms with Gasteiger partial charge in [-0.3, -0.25) is 9.59 Å². The van der Waals surface area contributed by atoms with Crippen molar-refractivity contribution in [2.45, 2.75) is 46.6 Å². The molecule has 1 aliphatic rings. The lowest BCUT2D eigenvalue weighted by atomic mass is 9.97. The molecule has 2 heterocycles. The molecule has 7 nitrogen and oxygen atoms in total. The zero-order chi connectivity index (χ0) is 18.6. The molecular formula is C18H26N2O5. The summed E-state index contributed by atoms with van der Waals surface area (Å²) in [6, 6.07) is 0. The second-order valence-electron chi connectivity index (χ2n) is 6.33. The number of carboxylic acid groups (broad SMARTS) is 1. The topological polar surface area (TPSA) is 88.8 Å². The number of carbonyl (C=O) groups is 3. The molecule has 1 aromatic heterocycles. The van der Waals surface area contributed by atoms with Crippen LogP contribution in [0.4, 0.5) is 0 Å². The average Bonchev–Trinajstić information content (AvgIpc) is 2.90. The van der Waals surface area contributed by atoms with Gasteiger partial charge in [-0.25, -0.2) is 4.79 Å².